The summed E-state index contributed by atoms with van der Waals surface area (Å²) in [6, 6.07) is 0. The molecule has 0 radical (unpaired) electrons. The number of carbonyl (C=O) groups is 1. The van der Waals surface area contributed by atoms with Crippen LogP contribution in [0.3, 0.4) is 0 Å². The lowest BCUT2D eigenvalue weighted by atomic mass is 10.2. The maximum absolute atomic E-state index is 11.9. The summed E-state index contributed by atoms with van der Waals surface area (Å²) >= 11 is 0. The molecule has 0 saturated heterocycles. The van der Waals surface area contributed by atoms with Crippen molar-refractivity contribution in [2.24, 2.45) is 0 Å². The van der Waals surface area contributed by atoms with Gasteiger partial charge in [-0.3, -0.25) is 0 Å². The Labute approximate surface area is 113 Å². The van der Waals surface area contributed by atoms with Crippen molar-refractivity contribution >= 4 is 14.3 Å². The first kappa shape index (κ1) is 17.6. The van der Waals surface area contributed by atoms with E-state index in [0.717, 1.165) is 19.3 Å². The van der Waals surface area contributed by atoms with Gasteiger partial charge in [-0.1, -0.05) is 40.5 Å². The molecule has 18 heavy (non-hydrogen) atoms. The summed E-state index contributed by atoms with van der Waals surface area (Å²) in [4.78, 5) is 11.9. The molecule has 0 rings (SSSR count). The summed E-state index contributed by atoms with van der Waals surface area (Å²) in [5, 5.41) is 0.115. The van der Waals surface area contributed by atoms with Crippen molar-refractivity contribution in [1.82, 2.24) is 0 Å². The number of unbranched alkanes of at least 4 members (excludes halogenated alkanes) is 1. The zero-order valence-electron chi connectivity index (χ0n) is 13.1. The third-order valence-corrected chi connectivity index (χ3v) is 8.10. The Bertz CT molecular complexity index is 256. The molecule has 0 N–H and O–H groups in total. The highest BCUT2D eigenvalue weighted by molar-refractivity contribution is 6.74. The third-order valence-electron chi connectivity index (χ3n) is 3.61. The fourth-order valence-electron chi connectivity index (χ4n) is 1.38. The molecule has 3 nitrogen and oxygen atoms in total. The van der Waals surface area contributed by atoms with Gasteiger partial charge < -0.3 is 9.16 Å². The minimum atomic E-state index is -1.91. The van der Waals surface area contributed by atoms with E-state index in [4.69, 9.17) is 9.16 Å². The van der Waals surface area contributed by atoms with Crippen LogP contribution in [0, 0.1) is 0 Å². The van der Waals surface area contributed by atoms with E-state index in [9.17, 15) is 4.79 Å². The predicted octanol–water partition coefficient (Wildman–Crippen LogP) is 4.13. The van der Waals surface area contributed by atoms with Crippen LogP contribution in [-0.2, 0) is 14.0 Å². The lowest BCUT2D eigenvalue weighted by Crippen LogP contribution is -2.46. The van der Waals surface area contributed by atoms with E-state index < -0.39 is 8.32 Å². The number of hydrogen-bond acceptors (Lipinski definition) is 3. The topological polar surface area (TPSA) is 35.5 Å². The summed E-state index contributed by atoms with van der Waals surface area (Å²) in [5.41, 5.74) is 0. The van der Waals surface area contributed by atoms with Gasteiger partial charge in [-0.25, -0.2) is 4.79 Å². The molecule has 0 unspecified atom stereocenters. The normalized spacial score (nSPS) is 14.4. The minimum absolute atomic E-state index is 0.115. The summed E-state index contributed by atoms with van der Waals surface area (Å²) in [6.45, 7) is 15.3. The average Bonchev–Trinajstić information content (AvgIpc) is 2.22. The molecule has 0 spiro atoms. The van der Waals surface area contributed by atoms with Crippen molar-refractivity contribution in [3.63, 3.8) is 0 Å². The van der Waals surface area contributed by atoms with E-state index in [1.165, 1.54) is 0 Å². The van der Waals surface area contributed by atoms with Crippen LogP contribution in [0.5, 0.6) is 0 Å². The molecular formula is C14H30O3Si. The molecule has 1 atom stereocenters. The van der Waals surface area contributed by atoms with Crippen molar-refractivity contribution in [1.29, 1.82) is 0 Å². The van der Waals surface area contributed by atoms with Gasteiger partial charge in [0, 0.05) is 0 Å². The van der Waals surface area contributed by atoms with Crippen LogP contribution in [-0.4, -0.2) is 27.0 Å². The van der Waals surface area contributed by atoms with Crippen molar-refractivity contribution < 1.29 is 14.0 Å². The largest absolute Gasteiger partial charge is 0.464 e. The lowest BCUT2D eigenvalue weighted by Gasteiger charge is -2.38. The monoisotopic (exact) mass is 274 g/mol. The molecular weight excluding hydrogens is 244 g/mol. The maximum atomic E-state index is 11.9. The number of rotatable bonds is 7. The molecule has 0 bridgehead atoms. The van der Waals surface area contributed by atoms with E-state index in [-0.39, 0.29) is 17.1 Å². The van der Waals surface area contributed by atoms with Gasteiger partial charge >= 0.3 is 5.97 Å². The first-order valence-electron chi connectivity index (χ1n) is 7.00. The van der Waals surface area contributed by atoms with Crippen LogP contribution >= 0.6 is 0 Å². The average molecular weight is 274 g/mol. The zero-order chi connectivity index (χ0) is 14.4. The Morgan fingerprint density at radius 1 is 1.22 bits per heavy atom. The summed E-state index contributed by atoms with van der Waals surface area (Å²) in [5.74, 6) is -0.198. The highest BCUT2D eigenvalue weighted by atomic mass is 28.4. The van der Waals surface area contributed by atoms with Gasteiger partial charge in [0.1, 0.15) is 6.10 Å². The van der Waals surface area contributed by atoms with Crippen LogP contribution in [0.4, 0.5) is 0 Å². The second-order valence-electron chi connectivity index (χ2n) is 6.26. The Morgan fingerprint density at radius 3 is 2.17 bits per heavy atom. The SMILES string of the molecule is CCCC[C@@H](O[Si](C)(C)C(C)(C)C)C(=O)OCC. The highest BCUT2D eigenvalue weighted by Gasteiger charge is 2.40. The van der Waals surface area contributed by atoms with E-state index in [1.807, 2.05) is 6.92 Å². The van der Waals surface area contributed by atoms with Gasteiger partial charge in [-0.15, -0.1) is 0 Å². The van der Waals surface area contributed by atoms with E-state index in [2.05, 4.69) is 40.8 Å². The van der Waals surface area contributed by atoms with Crippen LogP contribution in [0.25, 0.3) is 0 Å². The van der Waals surface area contributed by atoms with Crippen molar-refractivity contribution in [3.05, 3.63) is 0 Å². The fraction of sp³-hybridized carbons (Fsp3) is 0.929. The molecule has 0 aromatic heterocycles. The maximum Gasteiger partial charge on any atom is 0.333 e. The van der Waals surface area contributed by atoms with Gasteiger partial charge in [0.15, 0.2) is 8.32 Å². The van der Waals surface area contributed by atoms with Crippen molar-refractivity contribution in [2.45, 2.75) is 78.1 Å². The molecule has 0 saturated carbocycles. The molecule has 0 aliphatic carbocycles. The lowest BCUT2D eigenvalue weighted by molar-refractivity contribution is -0.152. The summed E-state index contributed by atoms with van der Waals surface area (Å²) < 4.78 is 11.3. The first-order valence-corrected chi connectivity index (χ1v) is 9.91. The van der Waals surface area contributed by atoms with Gasteiger partial charge in [-0.2, -0.15) is 0 Å². The second kappa shape index (κ2) is 7.29. The molecule has 0 amide bonds. The predicted molar refractivity (Wildman–Crippen MR) is 78.2 cm³/mol. The zero-order valence-corrected chi connectivity index (χ0v) is 14.1. The molecule has 0 aliphatic rings. The van der Waals surface area contributed by atoms with E-state index in [1.54, 1.807) is 0 Å². The molecule has 0 fully saturated rings. The van der Waals surface area contributed by atoms with Gasteiger partial charge in [-0.05, 0) is 31.5 Å². The Morgan fingerprint density at radius 2 is 1.78 bits per heavy atom. The Hall–Kier alpha value is -0.353. The molecule has 0 aromatic rings. The fourth-order valence-corrected chi connectivity index (χ4v) is 2.66. The Balaban J connectivity index is 4.72. The van der Waals surface area contributed by atoms with Gasteiger partial charge in [0.25, 0.3) is 0 Å². The van der Waals surface area contributed by atoms with Crippen LogP contribution in [0.1, 0.15) is 53.9 Å². The summed E-state index contributed by atoms with van der Waals surface area (Å²) in [7, 11) is -1.91. The molecule has 4 heteroatoms. The number of ether oxygens (including phenoxy) is 1. The molecule has 0 heterocycles. The standard InChI is InChI=1S/C14H30O3Si/c1-8-10-11-12(13(15)16-9-2)17-18(6,7)14(3,4)5/h12H,8-11H2,1-7H3/t12-/m1/s1. The summed E-state index contributed by atoms with van der Waals surface area (Å²) in [6.07, 6.45) is 2.45. The molecule has 0 aromatic carbocycles. The highest BCUT2D eigenvalue weighted by Crippen LogP contribution is 2.37. The molecule has 0 aliphatic heterocycles. The number of esters is 1. The quantitative estimate of drug-likeness (QED) is 0.517. The smallest absolute Gasteiger partial charge is 0.333 e. The van der Waals surface area contributed by atoms with E-state index in [0.29, 0.717) is 6.61 Å². The van der Waals surface area contributed by atoms with Crippen LogP contribution in [0.15, 0.2) is 0 Å². The first-order chi connectivity index (χ1) is 8.15. The van der Waals surface area contributed by atoms with Crippen LogP contribution in [0.2, 0.25) is 18.1 Å². The molecule has 108 valence electrons. The third kappa shape index (κ3) is 5.53. The van der Waals surface area contributed by atoms with Crippen molar-refractivity contribution in [2.75, 3.05) is 6.61 Å². The van der Waals surface area contributed by atoms with Crippen molar-refractivity contribution in [3.8, 4) is 0 Å². The van der Waals surface area contributed by atoms with Gasteiger partial charge in [0.2, 0.25) is 0 Å². The number of hydrogen-bond donors (Lipinski definition) is 0. The second-order valence-corrected chi connectivity index (χ2v) is 11.0. The Kier molecular flexibility index (Phi) is 7.15. The number of carbonyl (C=O) groups excluding carboxylic acids is 1. The van der Waals surface area contributed by atoms with Crippen LogP contribution < -0.4 is 0 Å². The van der Waals surface area contributed by atoms with Gasteiger partial charge in [0.05, 0.1) is 6.61 Å². The minimum Gasteiger partial charge on any atom is -0.464 e. The van der Waals surface area contributed by atoms with E-state index >= 15 is 0 Å².